The summed E-state index contributed by atoms with van der Waals surface area (Å²) >= 11 is 0. The highest BCUT2D eigenvalue weighted by molar-refractivity contribution is 5.69. The summed E-state index contributed by atoms with van der Waals surface area (Å²) in [5.74, 6) is 0.533. The number of ether oxygens (including phenoxy) is 3. The van der Waals surface area contributed by atoms with Crippen LogP contribution in [0.4, 0.5) is 5.69 Å². The summed E-state index contributed by atoms with van der Waals surface area (Å²) in [5.41, 5.74) is 7.55. The first-order chi connectivity index (χ1) is 10.1. The largest absolute Gasteiger partial charge is 0.487 e. The molecule has 3 N–H and O–H groups in total. The molecule has 0 saturated carbocycles. The third-order valence-electron chi connectivity index (χ3n) is 4.15. The second-order valence-electron chi connectivity index (χ2n) is 5.48. The fraction of sp³-hybridized carbons (Fsp3) is 0.533. The van der Waals surface area contributed by atoms with Crippen molar-refractivity contribution in [3.63, 3.8) is 0 Å². The summed E-state index contributed by atoms with van der Waals surface area (Å²) in [7, 11) is 1.35. The van der Waals surface area contributed by atoms with Gasteiger partial charge in [-0.3, -0.25) is 4.79 Å². The second-order valence-corrected chi connectivity index (χ2v) is 5.48. The fourth-order valence-corrected chi connectivity index (χ4v) is 3.18. The molecular weight excluding hydrogens is 274 g/mol. The van der Waals surface area contributed by atoms with Gasteiger partial charge in [-0.15, -0.1) is 0 Å². The molecule has 0 aliphatic carbocycles. The molecule has 2 aliphatic heterocycles. The van der Waals surface area contributed by atoms with E-state index in [0.717, 1.165) is 11.3 Å². The van der Waals surface area contributed by atoms with E-state index in [0.29, 0.717) is 12.1 Å². The van der Waals surface area contributed by atoms with Crippen LogP contribution in [-0.4, -0.2) is 43.1 Å². The normalized spacial score (nSPS) is 30.2. The van der Waals surface area contributed by atoms with Gasteiger partial charge in [-0.25, -0.2) is 0 Å². The zero-order valence-corrected chi connectivity index (χ0v) is 11.8. The van der Waals surface area contributed by atoms with Gasteiger partial charge < -0.3 is 25.1 Å². The van der Waals surface area contributed by atoms with Crippen molar-refractivity contribution in [2.75, 3.05) is 19.5 Å². The van der Waals surface area contributed by atoms with Crippen molar-refractivity contribution in [1.29, 1.82) is 0 Å². The smallest absolute Gasteiger partial charge is 0.308 e. The Bertz CT molecular complexity index is 547. The molecule has 0 radical (unpaired) electrons. The number of aliphatic hydroxyl groups excluding tert-OH is 1. The van der Waals surface area contributed by atoms with Crippen LogP contribution in [-0.2, 0) is 14.3 Å². The van der Waals surface area contributed by atoms with E-state index in [4.69, 9.17) is 15.2 Å². The average molecular weight is 293 g/mol. The molecule has 1 fully saturated rings. The van der Waals surface area contributed by atoms with E-state index in [1.165, 1.54) is 7.11 Å². The number of esters is 1. The number of aliphatic hydroxyl groups is 1. The Labute approximate surface area is 122 Å². The molecule has 0 aromatic heterocycles. The van der Waals surface area contributed by atoms with E-state index in [1.54, 1.807) is 6.07 Å². The molecule has 0 unspecified atom stereocenters. The van der Waals surface area contributed by atoms with Gasteiger partial charge in [0.05, 0.1) is 26.2 Å². The van der Waals surface area contributed by atoms with Crippen LogP contribution in [0, 0.1) is 0 Å². The molecule has 1 aromatic rings. The van der Waals surface area contributed by atoms with Gasteiger partial charge in [0, 0.05) is 17.2 Å². The van der Waals surface area contributed by atoms with Crippen LogP contribution in [0.2, 0.25) is 0 Å². The lowest BCUT2D eigenvalue weighted by Gasteiger charge is -2.36. The summed E-state index contributed by atoms with van der Waals surface area (Å²) in [5, 5.41) is 9.53. The van der Waals surface area contributed by atoms with Crippen LogP contribution in [0.5, 0.6) is 5.75 Å². The first-order valence-electron chi connectivity index (χ1n) is 7.01. The van der Waals surface area contributed by atoms with Crippen LogP contribution in [0.3, 0.4) is 0 Å². The van der Waals surface area contributed by atoms with Gasteiger partial charge in [-0.1, -0.05) is 0 Å². The standard InChI is InChI=1S/C15H19NO5/c1-19-14(18)6-9-5-11-10-4-8(16)2-3-12(10)21-15(11)13(7-17)20-9/h2-4,9,11,13,15,17H,5-7,16H2,1H3/t9-,11+,13+,15-/m0/s1. The van der Waals surface area contributed by atoms with Gasteiger partial charge in [0.15, 0.2) is 0 Å². The van der Waals surface area contributed by atoms with Gasteiger partial charge >= 0.3 is 5.97 Å². The molecule has 1 saturated heterocycles. The predicted octanol–water partition coefficient (Wildman–Crippen LogP) is 0.826. The Morgan fingerprint density at radius 2 is 2.33 bits per heavy atom. The summed E-state index contributed by atoms with van der Waals surface area (Å²) in [6.45, 7) is -0.150. The molecule has 4 atom stereocenters. The number of carbonyl (C=O) groups excluding carboxylic acids is 1. The molecule has 114 valence electrons. The van der Waals surface area contributed by atoms with Gasteiger partial charge in [-0.05, 0) is 24.6 Å². The number of carbonyl (C=O) groups is 1. The molecule has 3 rings (SSSR count). The molecule has 2 heterocycles. The van der Waals surface area contributed by atoms with E-state index in [9.17, 15) is 9.90 Å². The molecule has 0 amide bonds. The lowest BCUT2D eigenvalue weighted by molar-refractivity contribution is -0.156. The fourth-order valence-electron chi connectivity index (χ4n) is 3.18. The molecule has 0 bridgehead atoms. The van der Waals surface area contributed by atoms with Crippen LogP contribution < -0.4 is 10.5 Å². The maximum atomic E-state index is 11.5. The lowest BCUT2D eigenvalue weighted by atomic mass is 9.84. The maximum absolute atomic E-state index is 11.5. The lowest BCUT2D eigenvalue weighted by Crippen LogP contribution is -2.46. The molecule has 0 spiro atoms. The van der Waals surface area contributed by atoms with Crippen molar-refractivity contribution in [3.05, 3.63) is 23.8 Å². The minimum atomic E-state index is -0.452. The minimum Gasteiger partial charge on any atom is -0.487 e. The summed E-state index contributed by atoms with van der Waals surface area (Å²) in [6.07, 6.45) is -0.153. The Kier molecular flexibility index (Phi) is 3.73. The molecule has 21 heavy (non-hydrogen) atoms. The van der Waals surface area contributed by atoms with E-state index >= 15 is 0 Å². The zero-order valence-electron chi connectivity index (χ0n) is 11.8. The van der Waals surface area contributed by atoms with Crippen molar-refractivity contribution in [2.45, 2.75) is 37.1 Å². The van der Waals surface area contributed by atoms with Crippen LogP contribution in [0.1, 0.15) is 24.3 Å². The van der Waals surface area contributed by atoms with Crippen LogP contribution in [0.25, 0.3) is 0 Å². The van der Waals surface area contributed by atoms with Gasteiger partial charge in [0.2, 0.25) is 0 Å². The number of rotatable bonds is 3. The molecular formula is C15H19NO5. The van der Waals surface area contributed by atoms with Crippen LogP contribution >= 0.6 is 0 Å². The number of hydrogen-bond donors (Lipinski definition) is 2. The first-order valence-corrected chi connectivity index (χ1v) is 7.01. The van der Waals surface area contributed by atoms with Crippen molar-refractivity contribution in [2.24, 2.45) is 0 Å². The number of hydrogen-bond acceptors (Lipinski definition) is 6. The summed E-state index contributed by atoms with van der Waals surface area (Å²) < 4.78 is 16.4. The quantitative estimate of drug-likeness (QED) is 0.633. The molecule has 6 heteroatoms. The Hall–Kier alpha value is -1.79. The highest BCUT2D eigenvalue weighted by Crippen LogP contribution is 2.46. The number of anilines is 1. The minimum absolute atomic E-state index is 0.0732. The van der Waals surface area contributed by atoms with Gasteiger partial charge in [-0.2, -0.15) is 0 Å². The van der Waals surface area contributed by atoms with Gasteiger partial charge in [0.25, 0.3) is 0 Å². The van der Waals surface area contributed by atoms with E-state index in [2.05, 4.69) is 4.74 Å². The highest BCUT2D eigenvalue weighted by Gasteiger charge is 2.46. The van der Waals surface area contributed by atoms with E-state index in [-0.39, 0.29) is 37.1 Å². The number of fused-ring (bicyclic) bond motifs is 3. The number of nitrogen functional groups attached to an aromatic ring is 1. The summed E-state index contributed by atoms with van der Waals surface area (Å²) in [6, 6.07) is 5.53. The predicted molar refractivity (Wildman–Crippen MR) is 75.0 cm³/mol. The van der Waals surface area contributed by atoms with Crippen molar-refractivity contribution in [1.82, 2.24) is 0 Å². The zero-order chi connectivity index (χ0) is 15.0. The maximum Gasteiger partial charge on any atom is 0.308 e. The van der Waals surface area contributed by atoms with E-state index in [1.807, 2.05) is 12.1 Å². The van der Waals surface area contributed by atoms with E-state index < -0.39 is 6.10 Å². The number of benzene rings is 1. The average Bonchev–Trinajstić information content (AvgIpc) is 2.84. The topological polar surface area (TPSA) is 91.0 Å². The molecule has 1 aromatic carbocycles. The van der Waals surface area contributed by atoms with Gasteiger partial charge in [0.1, 0.15) is 18.0 Å². The molecule has 2 aliphatic rings. The second kappa shape index (κ2) is 5.54. The third-order valence-corrected chi connectivity index (χ3v) is 4.15. The van der Waals surface area contributed by atoms with Crippen molar-refractivity contribution in [3.8, 4) is 5.75 Å². The first kappa shape index (κ1) is 14.2. The van der Waals surface area contributed by atoms with Crippen molar-refractivity contribution >= 4 is 11.7 Å². The van der Waals surface area contributed by atoms with Crippen molar-refractivity contribution < 1.29 is 24.1 Å². The Morgan fingerprint density at radius 1 is 1.52 bits per heavy atom. The molecule has 6 nitrogen and oxygen atoms in total. The number of methoxy groups -OCH3 is 1. The highest BCUT2D eigenvalue weighted by atomic mass is 16.6. The Balaban J connectivity index is 1.85. The Morgan fingerprint density at radius 3 is 3.05 bits per heavy atom. The van der Waals surface area contributed by atoms with Crippen LogP contribution in [0.15, 0.2) is 18.2 Å². The monoisotopic (exact) mass is 293 g/mol. The third kappa shape index (κ3) is 2.56. The SMILES string of the molecule is COC(=O)C[C@@H]1C[C@@H]2c3cc(N)ccc3O[C@@H]2[C@@H](CO)O1. The summed E-state index contributed by atoms with van der Waals surface area (Å²) in [4.78, 5) is 11.5. The number of nitrogens with two attached hydrogens (primary N) is 1.